The molecule has 9 heteroatoms. The number of hydrogen-bond donors (Lipinski definition) is 3. The van der Waals surface area contributed by atoms with E-state index < -0.39 is 24.6 Å². The molecule has 4 atom stereocenters. The van der Waals surface area contributed by atoms with Gasteiger partial charge in [-0.05, 0) is 22.4 Å². The summed E-state index contributed by atoms with van der Waals surface area (Å²) in [6, 6.07) is 0. The van der Waals surface area contributed by atoms with E-state index in [2.05, 4.69) is 25.9 Å². The monoisotopic (exact) mass is 358 g/mol. The number of aliphatic hydroxyl groups is 2. The normalized spacial score (nSPS) is 29.1. The van der Waals surface area contributed by atoms with E-state index in [4.69, 9.17) is 15.3 Å². The van der Waals surface area contributed by atoms with Crippen molar-refractivity contribution in [3.63, 3.8) is 0 Å². The Morgan fingerprint density at radius 3 is 2.86 bits per heavy atom. The summed E-state index contributed by atoms with van der Waals surface area (Å²) in [4.78, 5) is 13.6. The molecule has 2 aromatic rings. The van der Waals surface area contributed by atoms with E-state index in [1.54, 1.807) is 6.20 Å². The number of fused-ring (bicyclic) bond motifs is 1. The molecule has 4 N–H and O–H groups in total. The fourth-order valence-corrected chi connectivity index (χ4v) is 2.91. The maximum Gasteiger partial charge on any atom is 0.254 e. The third-order valence-corrected chi connectivity index (χ3v) is 4.07. The van der Waals surface area contributed by atoms with Crippen LogP contribution in [0.15, 0.2) is 17.0 Å². The first-order valence-electron chi connectivity index (χ1n) is 6.48. The lowest BCUT2D eigenvalue weighted by molar-refractivity contribution is -0.165. The first-order valence-corrected chi connectivity index (χ1v) is 7.28. The van der Waals surface area contributed by atoms with E-state index in [1.807, 2.05) is 6.92 Å². The fourth-order valence-electron chi connectivity index (χ4n) is 2.35. The number of hydrogen-bond acceptors (Lipinski definition) is 7. The molecule has 0 aliphatic carbocycles. The van der Waals surface area contributed by atoms with Crippen LogP contribution in [0.5, 0.6) is 0 Å². The van der Waals surface area contributed by atoms with Crippen molar-refractivity contribution in [2.45, 2.75) is 37.9 Å². The second kappa shape index (κ2) is 5.41. The lowest BCUT2D eigenvalue weighted by Gasteiger charge is -2.17. The van der Waals surface area contributed by atoms with Crippen molar-refractivity contribution in [2.75, 3.05) is 5.73 Å². The van der Waals surface area contributed by atoms with E-state index in [0.29, 0.717) is 27.7 Å². The quantitative estimate of drug-likeness (QED) is 0.710. The van der Waals surface area contributed by atoms with Gasteiger partial charge in [-0.2, -0.15) is 4.73 Å². The van der Waals surface area contributed by atoms with Crippen LogP contribution in [0, 0.1) is 0 Å². The number of nitrogen functional groups attached to an aromatic ring is 1. The van der Waals surface area contributed by atoms with Gasteiger partial charge in [-0.25, -0.2) is 9.97 Å². The minimum atomic E-state index is -1.13. The van der Waals surface area contributed by atoms with Crippen LogP contribution in [-0.2, 0) is 4.74 Å². The molecule has 0 bridgehead atoms. The molecule has 21 heavy (non-hydrogen) atoms. The molecule has 1 fully saturated rings. The second-order valence-corrected chi connectivity index (χ2v) is 5.65. The minimum absolute atomic E-state index is 0.314. The summed E-state index contributed by atoms with van der Waals surface area (Å²) in [5.74, 6) is 0.314. The van der Waals surface area contributed by atoms with Gasteiger partial charge >= 0.3 is 0 Å². The predicted molar refractivity (Wildman–Crippen MR) is 77.2 cm³/mol. The van der Waals surface area contributed by atoms with Crippen molar-refractivity contribution >= 4 is 32.8 Å². The van der Waals surface area contributed by atoms with Crippen LogP contribution >= 0.6 is 15.9 Å². The standard InChI is InChI=1S/C12H15BrN4O4/c1-2-6-8(18)9(19)12(20-6)21-17-3-5(13)7-10(14)15-4-16-11(7)17/h3-4,6,8-9,12,18-19H,2H2,1H3,(H2,14,15,16)/t6-,8-,9-,12+/m1/s1. The Hall–Kier alpha value is -1.42. The topological polar surface area (TPSA) is 116 Å². The Kier molecular flexibility index (Phi) is 3.74. The number of anilines is 1. The zero-order valence-electron chi connectivity index (χ0n) is 11.2. The molecular formula is C12H15BrN4O4. The smallest absolute Gasteiger partial charge is 0.254 e. The van der Waals surface area contributed by atoms with Gasteiger partial charge in [0.25, 0.3) is 6.29 Å². The highest BCUT2D eigenvalue weighted by atomic mass is 79.9. The van der Waals surface area contributed by atoms with Gasteiger partial charge < -0.3 is 25.5 Å². The molecule has 0 aromatic carbocycles. The molecule has 3 rings (SSSR count). The molecule has 114 valence electrons. The molecule has 1 aliphatic heterocycles. The van der Waals surface area contributed by atoms with Crippen molar-refractivity contribution in [2.24, 2.45) is 0 Å². The molecule has 0 amide bonds. The number of aromatic nitrogens is 3. The van der Waals surface area contributed by atoms with Crippen LogP contribution < -0.4 is 10.6 Å². The van der Waals surface area contributed by atoms with Gasteiger partial charge in [0.15, 0.2) is 5.65 Å². The SMILES string of the molecule is CC[C@H]1O[C@@H](On2cc(Br)c3c(N)ncnc32)[C@H](O)[C@@H]1O. The molecule has 8 nitrogen and oxygen atoms in total. The van der Waals surface area contributed by atoms with Crippen LogP contribution in [0.25, 0.3) is 11.0 Å². The summed E-state index contributed by atoms with van der Waals surface area (Å²) < 4.78 is 7.50. The molecule has 0 spiro atoms. The number of aliphatic hydroxyl groups excluding tert-OH is 2. The third-order valence-electron chi connectivity index (χ3n) is 3.47. The van der Waals surface area contributed by atoms with Crippen molar-refractivity contribution < 1.29 is 19.8 Å². The van der Waals surface area contributed by atoms with E-state index in [9.17, 15) is 10.2 Å². The van der Waals surface area contributed by atoms with Crippen molar-refractivity contribution in [3.05, 3.63) is 17.0 Å². The molecule has 0 radical (unpaired) electrons. The van der Waals surface area contributed by atoms with Gasteiger partial charge in [-0.15, -0.1) is 0 Å². The predicted octanol–water partition coefficient (Wildman–Crippen LogP) is 0.0613. The van der Waals surface area contributed by atoms with Gasteiger partial charge in [0.2, 0.25) is 0 Å². The maximum atomic E-state index is 9.97. The number of halogens is 1. The molecular weight excluding hydrogens is 344 g/mol. The molecule has 1 saturated heterocycles. The van der Waals surface area contributed by atoms with Gasteiger partial charge in [-0.1, -0.05) is 6.92 Å². The molecule has 0 unspecified atom stereocenters. The number of nitrogens with two attached hydrogens (primary N) is 1. The van der Waals surface area contributed by atoms with Crippen LogP contribution in [0.2, 0.25) is 0 Å². The summed E-state index contributed by atoms with van der Waals surface area (Å²) in [6.45, 7) is 1.86. The van der Waals surface area contributed by atoms with Crippen molar-refractivity contribution in [3.8, 4) is 0 Å². The summed E-state index contributed by atoms with van der Waals surface area (Å²) in [5, 5.41) is 20.4. The minimum Gasteiger partial charge on any atom is -0.387 e. The van der Waals surface area contributed by atoms with E-state index in [0.717, 1.165) is 0 Å². The lowest BCUT2D eigenvalue weighted by atomic mass is 10.1. The van der Waals surface area contributed by atoms with E-state index in [-0.39, 0.29) is 0 Å². The maximum absolute atomic E-state index is 9.97. The molecule has 1 aliphatic rings. The van der Waals surface area contributed by atoms with Gasteiger partial charge in [0.05, 0.1) is 22.2 Å². The van der Waals surface area contributed by atoms with Crippen LogP contribution in [0.1, 0.15) is 13.3 Å². The molecule has 3 heterocycles. The van der Waals surface area contributed by atoms with Crippen LogP contribution in [-0.4, -0.2) is 49.5 Å². The Morgan fingerprint density at radius 1 is 1.43 bits per heavy atom. The largest absolute Gasteiger partial charge is 0.387 e. The Morgan fingerprint density at radius 2 is 2.19 bits per heavy atom. The van der Waals surface area contributed by atoms with Crippen LogP contribution in [0.3, 0.4) is 0 Å². The zero-order valence-corrected chi connectivity index (χ0v) is 12.8. The second-order valence-electron chi connectivity index (χ2n) is 4.80. The number of rotatable bonds is 3. The molecule has 2 aromatic heterocycles. The Balaban J connectivity index is 1.91. The number of nitrogens with zero attached hydrogens (tertiary/aromatic N) is 3. The molecule has 0 saturated carbocycles. The van der Waals surface area contributed by atoms with Crippen molar-refractivity contribution in [1.82, 2.24) is 14.7 Å². The fraction of sp³-hybridized carbons (Fsp3) is 0.500. The summed E-state index contributed by atoms with van der Waals surface area (Å²) in [6.07, 6.45) is -0.0608. The van der Waals surface area contributed by atoms with Gasteiger partial charge in [0, 0.05) is 0 Å². The average Bonchev–Trinajstić information content (AvgIpc) is 2.92. The summed E-state index contributed by atoms with van der Waals surface area (Å²) in [7, 11) is 0. The zero-order chi connectivity index (χ0) is 15.1. The van der Waals surface area contributed by atoms with Gasteiger partial charge in [-0.3, -0.25) is 0 Å². The van der Waals surface area contributed by atoms with Gasteiger partial charge in [0.1, 0.15) is 24.4 Å². The third kappa shape index (κ3) is 2.35. The number of ether oxygens (including phenoxy) is 1. The van der Waals surface area contributed by atoms with Crippen molar-refractivity contribution in [1.29, 1.82) is 0 Å². The summed E-state index contributed by atoms with van der Waals surface area (Å²) >= 11 is 3.36. The average molecular weight is 359 g/mol. The summed E-state index contributed by atoms with van der Waals surface area (Å²) in [5.41, 5.74) is 6.24. The highest BCUT2D eigenvalue weighted by Crippen LogP contribution is 2.29. The highest BCUT2D eigenvalue weighted by molar-refractivity contribution is 9.10. The Labute approximate surface area is 128 Å². The van der Waals surface area contributed by atoms with Crippen LogP contribution in [0.4, 0.5) is 5.82 Å². The Bertz CT molecular complexity index is 664. The first kappa shape index (κ1) is 14.5. The lowest BCUT2D eigenvalue weighted by Crippen LogP contribution is -2.37. The van der Waals surface area contributed by atoms with E-state index >= 15 is 0 Å². The first-order chi connectivity index (χ1) is 10.0. The van der Waals surface area contributed by atoms with E-state index in [1.165, 1.54) is 11.1 Å². The highest BCUT2D eigenvalue weighted by Gasteiger charge is 2.44.